The average Bonchev–Trinajstić information content (AvgIpc) is 2.91. The number of rotatable bonds is 2. The predicted molar refractivity (Wildman–Crippen MR) is 59.7 cm³/mol. The van der Waals surface area contributed by atoms with Crippen molar-refractivity contribution in [3.05, 3.63) is 0 Å². The van der Waals surface area contributed by atoms with Crippen molar-refractivity contribution in [3.63, 3.8) is 0 Å². The van der Waals surface area contributed by atoms with Crippen molar-refractivity contribution in [2.24, 2.45) is 11.7 Å². The Bertz CT molecular complexity index is 258. The Balaban J connectivity index is 1.84. The van der Waals surface area contributed by atoms with Crippen molar-refractivity contribution >= 4 is 0 Å². The van der Waals surface area contributed by atoms with Crippen molar-refractivity contribution < 1.29 is 4.74 Å². The number of ether oxygens (including phenoxy) is 1. The van der Waals surface area contributed by atoms with Gasteiger partial charge in [-0.25, -0.2) is 0 Å². The molecule has 0 aromatic heterocycles. The normalized spacial score (nSPS) is 50.4. The summed E-state index contributed by atoms with van der Waals surface area (Å²) in [6.45, 7) is 5.13. The monoisotopic (exact) mass is 210 g/mol. The molecule has 2 bridgehead atoms. The van der Waals surface area contributed by atoms with E-state index in [-0.39, 0.29) is 5.54 Å². The van der Waals surface area contributed by atoms with Gasteiger partial charge in [-0.15, -0.1) is 0 Å². The van der Waals surface area contributed by atoms with Crippen LogP contribution in [0.2, 0.25) is 0 Å². The Morgan fingerprint density at radius 1 is 1.47 bits per heavy atom. The van der Waals surface area contributed by atoms with Crippen LogP contribution in [-0.4, -0.2) is 42.3 Å². The third-order valence-electron chi connectivity index (χ3n) is 4.99. The van der Waals surface area contributed by atoms with Gasteiger partial charge in [0, 0.05) is 25.7 Å². The zero-order chi connectivity index (χ0) is 10.5. The van der Waals surface area contributed by atoms with Crippen molar-refractivity contribution in [3.8, 4) is 0 Å². The minimum Gasteiger partial charge on any atom is -0.376 e. The van der Waals surface area contributed by atoms with E-state index in [1.165, 1.54) is 25.8 Å². The van der Waals surface area contributed by atoms with E-state index in [1.807, 2.05) is 0 Å². The third kappa shape index (κ3) is 1.30. The summed E-state index contributed by atoms with van der Waals surface area (Å²) in [5, 5.41) is 0. The molecule has 2 N–H and O–H groups in total. The zero-order valence-corrected chi connectivity index (χ0v) is 9.61. The van der Waals surface area contributed by atoms with Gasteiger partial charge in [-0.2, -0.15) is 0 Å². The standard InChI is InChI=1S/C12H22N2O/c1-9-12(8-13,4-5-15-9)14-7-10-2-3-11(14)6-10/h9-11H,2-8,13H2,1H3. The summed E-state index contributed by atoms with van der Waals surface area (Å²) in [6.07, 6.45) is 5.69. The predicted octanol–water partition coefficient (Wildman–Crippen LogP) is 0.977. The lowest BCUT2D eigenvalue weighted by atomic mass is 9.88. The molecule has 1 saturated carbocycles. The number of fused-ring (bicyclic) bond motifs is 2. The molecule has 0 radical (unpaired) electrons. The van der Waals surface area contributed by atoms with Crippen molar-refractivity contribution in [1.82, 2.24) is 4.90 Å². The molecule has 3 rings (SSSR count). The van der Waals surface area contributed by atoms with E-state index in [2.05, 4.69) is 11.8 Å². The fourth-order valence-electron chi connectivity index (χ4n) is 4.00. The molecule has 4 atom stereocenters. The molecule has 15 heavy (non-hydrogen) atoms. The molecule has 3 nitrogen and oxygen atoms in total. The van der Waals surface area contributed by atoms with E-state index in [9.17, 15) is 0 Å². The fourth-order valence-corrected chi connectivity index (χ4v) is 4.00. The lowest BCUT2D eigenvalue weighted by molar-refractivity contribution is -0.00244. The van der Waals surface area contributed by atoms with Crippen LogP contribution < -0.4 is 5.73 Å². The Morgan fingerprint density at radius 2 is 2.33 bits per heavy atom. The molecule has 2 heterocycles. The maximum absolute atomic E-state index is 6.05. The second-order valence-corrected chi connectivity index (χ2v) is 5.56. The van der Waals surface area contributed by atoms with Crippen LogP contribution in [0.4, 0.5) is 0 Å². The summed E-state index contributed by atoms with van der Waals surface area (Å²) in [7, 11) is 0. The maximum atomic E-state index is 6.05. The molecule has 0 amide bonds. The van der Waals surface area contributed by atoms with Gasteiger partial charge in [-0.05, 0) is 38.5 Å². The van der Waals surface area contributed by atoms with E-state index in [0.717, 1.165) is 31.5 Å². The molecular formula is C12H22N2O. The van der Waals surface area contributed by atoms with Gasteiger partial charge in [-0.1, -0.05) is 0 Å². The number of hydrogen-bond acceptors (Lipinski definition) is 3. The summed E-state index contributed by atoms with van der Waals surface area (Å²) < 4.78 is 5.76. The maximum Gasteiger partial charge on any atom is 0.0743 e. The number of nitrogens with two attached hydrogens (primary N) is 1. The minimum atomic E-state index is 0.167. The summed E-state index contributed by atoms with van der Waals surface area (Å²) >= 11 is 0. The molecular weight excluding hydrogens is 188 g/mol. The molecule has 0 spiro atoms. The van der Waals surface area contributed by atoms with Gasteiger partial charge in [0.2, 0.25) is 0 Å². The summed E-state index contributed by atoms with van der Waals surface area (Å²) in [5.41, 5.74) is 6.22. The molecule has 1 aliphatic carbocycles. The van der Waals surface area contributed by atoms with Gasteiger partial charge in [0.05, 0.1) is 11.6 Å². The Kier molecular flexibility index (Phi) is 2.31. The van der Waals surface area contributed by atoms with E-state index in [1.54, 1.807) is 0 Å². The molecule has 3 aliphatic rings. The molecule has 3 heteroatoms. The Hall–Kier alpha value is -0.120. The first kappa shape index (κ1) is 10.1. The first-order valence-electron chi connectivity index (χ1n) is 6.35. The Labute approximate surface area is 91.9 Å². The summed E-state index contributed by atoms with van der Waals surface area (Å²) in [6, 6.07) is 0.808. The van der Waals surface area contributed by atoms with Gasteiger partial charge < -0.3 is 10.5 Å². The quantitative estimate of drug-likeness (QED) is 0.738. The van der Waals surface area contributed by atoms with Crippen LogP contribution >= 0.6 is 0 Å². The van der Waals surface area contributed by atoms with Gasteiger partial charge in [0.1, 0.15) is 0 Å². The zero-order valence-electron chi connectivity index (χ0n) is 9.61. The van der Waals surface area contributed by atoms with Crippen LogP contribution in [0.25, 0.3) is 0 Å². The lowest BCUT2D eigenvalue weighted by Crippen LogP contribution is -2.60. The molecule has 0 aromatic rings. The molecule has 0 aromatic carbocycles. The third-order valence-corrected chi connectivity index (χ3v) is 4.99. The van der Waals surface area contributed by atoms with Crippen LogP contribution in [0.5, 0.6) is 0 Å². The van der Waals surface area contributed by atoms with Crippen molar-refractivity contribution in [1.29, 1.82) is 0 Å². The van der Waals surface area contributed by atoms with E-state index in [4.69, 9.17) is 10.5 Å². The van der Waals surface area contributed by atoms with Crippen LogP contribution in [0.1, 0.15) is 32.6 Å². The molecule has 2 saturated heterocycles. The summed E-state index contributed by atoms with van der Waals surface area (Å²) in [4.78, 5) is 2.69. The molecule has 3 fully saturated rings. The highest BCUT2D eigenvalue weighted by Crippen LogP contribution is 2.45. The number of piperidine rings is 1. The first-order valence-corrected chi connectivity index (χ1v) is 6.35. The number of nitrogens with zero attached hydrogens (tertiary/aromatic N) is 1. The summed E-state index contributed by atoms with van der Waals surface area (Å²) in [5.74, 6) is 0.950. The second-order valence-electron chi connectivity index (χ2n) is 5.56. The fraction of sp³-hybridized carbons (Fsp3) is 1.00. The highest BCUT2D eigenvalue weighted by atomic mass is 16.5. The van der Waals surface area contributed by atoms with Gasteiger partial charge >= 0.3 is 0 Å². The van der Waals surface area contributed by atoms with Crippen molar-refractivity contribution in [2.45, 2.75) is 50.3 Å². The largest absolute Gasteiger partial charge is 0.376 e. The highest BCUT2D eigenvalue weighted by Gasteiger charge is 2.52. The average molecular weight is 210 g/mol. The molecule has 4 unspecified atom stereocenters. The smallest absolute Gasteiger partial charge is 0.0743 e. The van der Waals surface area contributed by atoms with Gasteiger partial charge in [-0.3, -0.25) is 4.90 Å². The van der Waals surface area contributed by atoms with E-state index in [0.29, 0.717) is 6.10 Å². The van der Waals surface area contributed by atoms with Gasteiger partial charge in [0.25, 0.3) is 0 Å². The topological polar surface area (TPSA) is 38.5 Å². The van der Waals surface area contributed by atoms with E-state index >= 15 is 0 Å². The minimum absolute atomic E-state index is 0.167. The SMILES string of the molecule is CC1OCCC1(CN)N1CC2CCC1C2. The van der Waals surface area contributed by atoms with Crippen LogP contribution in [0.3, 0.4) is 0 Å². The second kappa shape index (κ2) is 3.44. The Morgan fingerprint density at radius 3 is 2.80 bits per heavy atom. The van der Waals surface area contributed by atoms with Gasteiger partial charge in [0.15, 0.2) is 0 Å². The van der Waals surface area contributed by atoms with Crippen LogP contribution in [0.15, 0.2) is 0 Å². The van der Waals surface area contributed by atoms with Crippen LogP contribution in [0, 0.1) is 5.92 Å². The number of likely N-dealkylation sites (tertiary alicyclic amines) is 1. The lowest BCUT2D eigenvalue weighted by Gasteiger charge is -2.45. The first-order chi connectivity index (χ1) is 7.26. The van der Waals surface area contributed by atoms with E-state index < -0.39 is 0 Å². The number of hydrogen-bond donors (Lipinski definition) is 1. The highest BCUT2D eigenvalue weighted by molar-refractivity contribution is 5.07. The van der Waals surface area contributed by atoms with Crippen molar-refractivity contribution in [2.75, 3.05) is 19.7 Å². The molecule has 86 valence electrons. The molecule has 2 aliphatic heterocycles. The van der Waals surface area contributed by atoms with Crippen LogP contribution in [-0.2, 0) is 4.74 Å².